The van der Waals surface area contributed by atoms with Crippen molar-refractivity contribution in [3.63, 3.8) is 0 Å². The van der Waals surface area contributed by atoms with Crippen molar-refractivity contribution < 1.29 is 19.3 Å². The molecule has 0 aliphatic carbocycles. The van der Waals surface area contributed by atoms with Gasteiger partial charge in [0.15, 0.2) is 8.32 Å². The summed E-state index contributed by atoms with van der Waals surface area (Å²) in [4.78, 5) is 21.6. The third-order valence-electron chi connectivity index (χ3n) is 4.58. The summed E-state index contributed by atoms with van der Waals surface area (Å²) in [5.41, 5.74) is 0.171. The van der Waals surface area contributed by atoms with Crippen molar-refractivity contribution in [2.24, 2.45) is 0 Å². The normalized spacial score (nSPS) is 13.5. The van der Waals surface area contributed by atoms with Gasteiger partial charge in [-0.1, -0.05) is 26.8 Å². The number of carboxylic acid groups (broad SMARTS) is 1. The third-order valence-corrected chi connectivity index (χ3v) is 9.18. The van der Waals surface area contributed by atoms with Crippen molar-refractivity contribution in [2.75, 3.05) is 6.54 Å². The average Bonchev–Trinajstić information content (AvgIpc) is 2.45. The molecule has 0 aliphatic heterocycles. The van der Waals surface area contributed by atoms with Crippen LogP contribution in [0.2, 0.25) is 18.1 Å². The van der Waals surface area contributed by atoms with Crippen LogP contribution >= 0.6 is 0 Å². The first kappa shape index (κ1) is 21.3. The molecular formula is C17H28N2O5Si. The predicted octanol–water partition coefficient (Wildman–Crippen LogP) is 3.79. The van der Waals surface area contributed by atoms with Crippen LogP contribution in [0, 0.1) is 10.1 Å². The fourth-order valence-corrected chi connectivity index (χ4v) is 3.59. The van der Waals surface area contributed by atoms with E-state index in [0.717, 1.165) is 6.07 Å². The quantitative estimate of drug-likeness (QED) is 0.411. The highest BCUT2D eigenvalue weighted by atomic mass is 28.4. The molecule has 0 radical (unpaired) electrons. The maximum Gasteiger partial charge on any atom is 0.335 e. The first-order valence-electron chi connectivity index (χ1n) is 8.24. The molecule has 0 heterocycles. The summed E-state index contributed by atoms with van der Waals surface area (Å²) in [6.45, 7) is 13.7. The second-order valence-corrected chi connectivity index (χ2v) is 12.5. The highest BCUT2D eigenvalue weighted by Gasteiger charge is 2.38. The second-order valence-electron chi connectivity index (χ2n) is 7.73. The van der Waals surface area contributed by atoms with Crippen molar-refractivity contribution in [2.45, 2.75) is 58.5 Å². The number of nitro benzene ring substituents is 1. The van der Waals surface area contributed by atoms with E-state index in [0.29, 0.717) is 12.1 Å². The van der Waals surface area contributed by atoms with Crippen molar-refractivity contribution in [3.8, 4) is 0 Å². The van der Waals surface area contributed by atoms with Gasteiger partial charge in [0.2, 0.25) is 0 Å². The van der Waals surface area contributed by atoms with Crippen molar-refractivity contribution >= 4 is 20.0 Å². The summed E-state index contributed by atoms with van der Waals surface area (Å²) in [7, 11) is -1.86. The monoisotopic (exact) mass is 368 g/mol. The summed E-state index contributed by atoms with van der Waals surface area (Å²) < 4.78 is 6.23. The van der Waals surface area contributed by atoms with Crippen LogP contribution < -0.4 is 5.32 Å². The number of carboxylic acids is 1. The molecule has 0 saturated carbocycles. The van der Waals surface area contributed by atoms with Gasteiger partial charge >= 0.3 is 5.97 Å². The Morgan fingerprint density at radius 1 is 1.40 bits per heavy atom. The van der Waals surface area contributed by atoms with Gasteiger partial charge in [-0.25, -0.2) is 4.79 Å². The molecule has 1 atom stereocenters. The molecule has 0 aromatic heterocycles. The average molecular weight is 369 g/mol. The van der Waals surface area contributed by atoms with Crippen LogP contribution in [-0.2, 0) is 11.0 Å². The van der Waals surface area contributed by atoms with Gasteiger partial charge in [0.25, 0.3) is 5.69 Å². The predicted molar refractivity (Wildman–Crippen MR) is 99.5 cm³/mol. The zero-order valence-electron chi connectivity index (χ0n) is 15.8. The SMILES string of the molecule is CC(CNCc1ccc(C(=O)O)cc1[N+](=O)[O-])O[Si](C)(C)C(C)(C)C. The molecular weight excluding hydrogens is 340 g/mol. The zero-order valence-corrected chi connectivity index (χ0v) is 16.8. The maximum atomic E-state index is 11.2. The first-order chi connectivity index (χ1) is 11.3. The largest absolute Gasteiger partial charge is 0.478 e. The molecule has 2 N–H and O–H groups in total. The number of benzene rings is 1. The van der Waals surface area contributed by atoms with Crippen LogP contribution in [0.1, 0.15) is 43.6 Å². The molecule has 8 heteroatoms. The van der Waals surface area contributed by atoms with Gasteiger partial charge in [0, 0.05) is 24.7 Å². The van der Waals surface area contributed by atoms with Gasteiger partial charge in [-0.3, -0.25) is 10.1 Å². The molecule has 7 nitrogen and oxygen atoms in total. The molecule has 1 aromatic carbocycles. The Morgan fingerprint density at radius 2 is 2.00 bits per heavy atom. The Morgan fingerprint density at radius 3 is 2.48 bits per heavy atom. The van der Waals surface area contributed by atoms with Crippen LogP contribution in [0.15, 0.2) is 18.2 Å². The highest BCUT2D eigenvalue weighted by molar-refractivity contribution is 6.74. The van der Waals surface area contributed by atoms with E-state index in [2.05, 4.69) is 39.2 Å². The smallest absolute Gasteiger partial charge is 0.335 e. The number of carbonyl (C=O) groups is 1. The van der Waals surface area contributed by atoms with E-state index in [1.807, 2.05) is 6.92 Å². The maximum absolute atomic E-state index is 11.2. The standard InChI is InChI=1S/C17H28N2O5Si/c1-12(24-25(5,6)17(2,3)4)10-18-11-14-8-7-13(16(20)21)9-15(14)19(22)23/h7-9,12,18H,10-11H2,1-6H3,(H,20,21). The third kappa shape index (κ3) is 5.91. The van der Waals surface area contributed by atoms with Gasteiger partial charge in [-0.2, -0.15) is 0 Å². The lowest BCUT2D eigenvalue weighted by Crippen LogP contribution is -2.45. The van der Waals surface area contributed by atoms with Crippen LogP contribution in [0.4, 0.5) is 5.69 Å². The summed E-state index contributed by atoms with van der Waals surface area (Å²) in [5, 5.41) is 23.4. The van der Waals surface area contributed by atoms with Crippen molar-refractivity contribution in [1.29, 1.82) is 0 Å². The van der Waals surface area contributed by atoms with Crippen molar-refractivity contribution in [1.82, 2.24) is 5.32 Å². The number of hydrogen-bond donors (Lipinski definition) is 2. The Balaban J connectivity index is 2.70. The van der Waals surface area contributed by atoms with Gasteiger partial charge in [-0.05, 0) is 31.1 Å². The summed E-state index contributed by atoms with van der Waals surface area (Å²) in [6.07, 6.45) is -0.0155. The van der Waals surface area contributed by atoms with E-state index in [1.165, 1.54) is 12.1 Å². The molecule has 0 aliphatic rings. The Labute approximate surface area is 149 Å². The van der Waals surface area contributed by atoms with Gasteiger partial charge in [0.1, 0.15) is 0 Å². The van der Waals surface area contributed by atoms with E-state index in [4.69, 9.17) is 9.53 Å². The molecule has 0 bridgehead atoms. The molecule has 0 fully saturated rings. The topological polar surface area (TPSA) is 102 Å². The Bertz CT molecular complexity index is 640. The minimum Gasteiger partial charge on any atom is -0.478 e. The van der Waals surface area contributed by atoms with Gasteiger partial charge in [0.05, 0.1) is 16.6 Å². The lowest BCUT2D eigenvalue weighted by Gasteiger charge is -2.38. The molecule has 1 rings (SSSR count). The minimum absolute atomic E-state index is 0.0155. The molecule has 0 saturated heterocycles. The first-order valence-corrected chi connectivity index (χ1v) is 11.1. The summed E-state index contributed by atoms with van der Waals surface area (Å²) in [6, 6.07) is 3.95. The van der Waals surface area contributed by atoms with Crippen LogP contribution in [0.25, 0.3) is 0 Å². The molecule has 1 aromatic rings. The van der Waals surface area contributed by atoms with E-state index in [-0.39, 0.29) is 28.9 Å². The fraction of sp³-hybridized carbons (Fsp3) is 0.588. The lowest BCUT2D eigenvalue weighted by molar-refractivity contribution is -0.385. The van der Waals surface area contributed by atoms with Crippen molar-refractivity contribution in [3.05, 3.63) is 39.4 Å². The van der Waals surface area contributed by atoms with Gasteiger partial charge in [-0.15, -0.1) is 0 Å². The molecule has 140 valence electrons. The number of nitrogens with one attached hydrogen (secondary N) is 1. The number of nitrogens with zero attached hydrogens (tertiary/aromatic N) is 1. The number of nitro groups is 1. The number of aromatic carboxylic acids is 1. The second kappa shape index (κ2) is 8.07. The molecule has 25 heavy (non-hydrogen) atoms. The van der Waals surface area contributed by atoms with Crippen LogP contribution in [0.5, 0.6) is 0 Å². The molecule has 0 spiro atoms. The lowest BCUT2D eigenvalue weighted by atomic mass is 10.1. The van der Waals surface area contributed by atoms with E-state index >= 15 is 0 Å². The molecule has 0 amide bonds. The van der Waals surface area contributed by atoms with E-state index in [1.54, 1.807) is 0 Å². The van der Waals surface area contributed by atoms with Crippen LogP contribution in [0.3, 0.4) is 0 Å². The number of hydrogen-bond acceptors (Lipinski definition) is 5. The van der Waals surface area contributed by atoms with E-state index in [9.17, 15) is 14.9 Å². The Hall–Kier alpha value is -1.77. The van der Waals surface area contributed by atoms with Crippen LogP contribution in [-0.4, -0.2) is 37.0 Å². The number of rotatable bonds is 8. The summed E-state index contributed by atoms with van der Waals surface area (Å²) >= 11 is 0. The Kier molecular flexibility index (Phi) is 6.87. The van der Waals surface area contributed by atoms with E-state index < -0.39 is 19.2 Å². The highest BCUT2D eigenvalue weighted by Crippen LogP contribution is 2.37. The summed E-state index contributed by atoms with van der Waals surface area (Å²) in [5.74, 6) is -1.18. The fourth-order valence-electron chi connectivity index (χ4n) is 2.15. The van der Waals surface area contributed by atoms with Gasteiger partial charge < -0.3 is 14.8 Å². The zero-order chi connectivity index (χ0) is 19.4. The minimum atomic E-state index is -1.86. The molecule has 1 unspecified atom stereocenters.